The number of benzene rings is 1. The van der Waals surface area contributed by atoms with Gasteiger partial charge in [-0.15, -0.1) is 0 Å². The van der Waals surface area contributed by atoms with E-state index in [0.717, 1.165) is 0 Å². The van der Waals surface area contributed by atoms with Crippen molar-refractivity contribution in [2.24, 2.45) is 0 Å². The lowest BCUT2D eigenvalue weighted by Crippen LogP contribution is -2.44. The summed E-state index contributed by atoms with van der Waals surface area (Å²) in [7, 11) is 0. The van der Waals surface area contributed by atoms with Crippen molar-refractivity contribution in [2.45, 2.75) is 79.6 Å². The predicted molar refractivity (Wildman–Crippen MR) is 103 cm³/mol. The van der Waals surface area contributed by atoms with Crippen LogP contribution in [0.5, 0.6) is 11.5 Å². The third kappa shape index (κ3) is 5.64. The highest BCUT2D eigenvalue weighted by atomic mass is 16.6. The molecule has 0 aliphatic carbocycles. The molecule has 146 valence electrons. The van der Waals surface area contributed by atoms with Gasteiger partial charge in [0.1, 0.15) is 0 Å². The zero-order valence-electron chi connectivity index (χ0n) is 17.1. The van der Waals surface area contributed by atoms with Gasteiger partial charge in [-0.25, -0.2) is 9.59 Å². The van der Waals surface area contributed by atoms with E-state index < -0.39 is 12.2 Å². The molecule has 0 unspecified atom stereocenters. The molecule has 0 bridgehead atoms. The van der Waals surface area contributed by atoms with Crippen molar-refractivity contribution < 1.29 is 19.1 Å². The number of hydrogen-bond donors (Lipinski definition) is 0. The molecule has 0 fully saturated rings. The van der Waals surface area contributed by atoms with Gasteiger partial charge in [0.15, 0.2) is 11.5 Å². The quantitative estimate of drug-likeness (QED) is 0.719. The van der Waals surface area contributed by atoms with E-state index in [0.29, 0.717) is 0 Å². The van der Waals surface area contributed by atoms with Crippen LogP contribution in [-0.4, -0.2) is 46.2 Å². The van der Waals surface area contributed by atoms with Crippen molar-refractivity contribution >= 4 is 12.2 Å². The normalized spacial score (nSPS) is 11.2. The molecule has 1 rings (SSSR count). The van der Waals surface area contributed by atoms with Gasteiger partial charge in [-0.3, -0.25) is 0 Å². The summed E-state index contributed by atoms with van der Waals surface area (Å²) in [6.07, 6.45) is -0.939. The molecule has 0 saturated carbocycles. The van der Waals surface area contributed by atoms with Crippen molar-refractivity contribution in [3.8, 4) is 11.5 Å². The van der Waals surface area contributed by atoms with Crippen molar-refractivity contribution in [1.82, 2.24) is 9.80 Å². The van der Waals surface area contributed by atoms with Gasteiger partial charge in [-0.1, -0.05) is 12.1 Å². The summed E-state index contributed by atoms with van der Waals surface area (Å²) in [5.41, 5.74) is 0. The first kappa shape index (κ1) is 21.8. The number of para-hydroxylation sites is 2. The van der Waals surface area contributed by atoms with E-state index in [4.69, 9.17) is 9.47 Å². The Hall–Kier alpha value is -2.24. The van der Waals surface area contributed by atoms with Crippen molar-refractivity contribution in [1.29, 1.82) is 0 Å². The van der Waals surface area contributed by atoms with Crippen LogP contribution < -0.4 is 9.47 Å². The van der Waals surface area contributed by atoms with Gasteiger partial charge in [0.25, 0.3) is 0 Å². The van der Waals surface area contributed by atoms with Crippen LogP contribution >= 0.6 is 0 Å². The summed E-state index contributed by atoms with van der Waals surface area (Å²) in [5, 5.41) is 0. The minimum atomic E-state index is -0.469. The van der Waals surface area contributed by atoms with E-state index in [2.05, 4.69) is 0 Å². The number of nitrogens with zero attached hydrogens (tertiary/aromatic N) is 2. The summed E-state index contributed by atoms with van der Waals surface area (Å²) in [6.45, 7) is 15.4. The summed E-state index contributed by atoms with van der Waals surface area (Å²) in [6, 6.07) is 6.69. The minimum Gasteiger partial charge on any atom is -0.406 e. The Bertz CT molecular complexity index is 543. The Morgan fingerprint density at radius 3 is 1.15 bits per heavy atom. The van der Waals surface area contributed by atoms with Gasteiger partial charge in [0.05, 0.1) is 0 Å². The molecule has 0 atom stereocenters. The van der Waals surface area contributed by atoms with Gasteiger partial charge in [-0.05, 0) is 67.5 Å². The molecule has 0 spiro atoms. The van der Waals surface area contributed by atoms with E-state index in [1.165, 1.54) is 0 Å². The average Bonchev–Trinajstić information content (AvgIpc) is 2.47. The monoisotopic (exact) mass is 364 g/mol. The highest BCUT2D eigenvalue weighted by molar-refractivity contribution is 5.75. The second-order valence-electron chi connectivity index (χ2n) is 7.37. The third-order valence-electron chi connectivity index (χ3n) is 3.89. The van der Waals surface area contributed by atoms with E-state index >= 15 is 0 Å². The van der Waals surface area contributed by atoms with Crippen LogP contribution in [0.25, 0.3) is 0 Å². The number of carbonyl (C=O) groups is 2. The fourth-order valence-corrected chi connectivity index (χ4v) is 2.95. The van der Waals surface area contributed by atoms with E-state index in [-0.39, 0.29) is 35.7 Å². The standard InChI is InChI=1S/C20H32N2O4/c1-13(2)21(14(3)4)19(23)25-17-11-9-10-12-18(17)26-20(24)22(15(5)6)16(7)8/h9-16H,1-8H3. The zero-order chi connectivity index (χ0) is 20.0. The van der Waals surface area contributed by atoms with Gasteiger partial charge < -0.3 is 19.3 Å². The van der Waals surface area contributed by atoms with Gasteiger partial charge in [0, 0.05) is 24.2 Å². The number of hydrogen-bond acceptors (Lipinski definition) is 4. The molecule has 0 N–H and O–H groups in total. The van der Waals surface area contributed by atoms with Crippen LogP contribution in [0.15, 0.2) is 24.3 Å². The van der Waals surface area contributed by atoms with E-state index in [9.17, 15) is 9.59 Å². The summed E-state index contributed by atoms with van der Waals surface area (Å²) < 4.78 is 11.0. The van der Waals surface area contributed by atoms with E-state index in [1.54, 1.807) is 34.1 Å². The zero-order valence-corrected chi connectivity index (χ0v) is 17.1. The maximum atomic E-state index is 12.5. The Morgan fingerprint density at radius 1 is 0.654 bits per heavy atom. The third-order valence-corrected chi connectivity index (χ3v) is 3.89. The molecular weight excluding hydrogens is 332 g/mol. The van der Waals surface area contributed by atoms with Crippen LogP contribution in [-0.2, 0) is 0 Å². The second-order valence-corrected chi connectivity index (χ2v) is 7.37. The molecular formula is C20H32N2O4. The molecule has 0 aliphatic heterocycles. The van der Waals surface area contributed by atoms with Crippen LogP contribution in [0.1, 0.15) is 55.4 Å². The largest absolute Gasteiger partial charge is 0.415 e. The molecule has 1 aromatic carbocycles. The molecule has 26 heavy (non-hydrogen) atoms. The highest BCUT2D eigenvalue weighted by Gasteiger charge is 2.26. The van der Waals surface area contributed by atoms with Crippen molar-refractivity contribution in [3.63, 3.8) is 0 Å². The van der Waals surface area contributed by atoms with Crippen LogP contribution in [0, 0.1) is 0 Å². The Kier molecular flexibility index (Phi) is 7.93. The first-order chi connectivity index (χ1) is 12.1. The highest BCUT2D eigenvalue weighted by Crippen LogP contribution is 2.28. The molecule has 6 heteroatoms. The number of amides is 2. The Morgan fingerprint density at radius 2 is 0.923 bits per heavy atom. The van der Waals surface area contributed by atoms with Crippen LogP contribution in [0.2, 0.25) is 0 Å². The SMILES string of the molecule is CC(C)N(C(=O)Oc1ccccc1OC(=O)N(C(C)C)C(C)C)C(C)C. The molecule has 0 radical (unpaired) electrons. The lowest BCUT2D eigenvalue weighted by atomic mass is 10.2. The number of carbonyl (C=O) groups excluding carboxylic acids is 2. The average molecular weight is 364 g/mol. The number of rotatable bonds is 6. The molecule has 0 saturated heterocycles. The van der Waals surface area contributed by atoms with Gasteiger partial charge in [0.2, 0.25) is 0 Å². The molecule has 2 amide bonds. The molecule has 6 nitrogen and oxygen atoms in total. The lowest BCUT2D eigenvalue weighted by Gasteiger charge is -2.31. The minimum absolute atomic E-state index is 0.00501. The Balaban J connectivity index is 3.01. The predicted octanol–water partition coefficient (Wildman–Crippen LogP) is 4.92. The fraction of sp³-hybridized carbons (Fsp3) is 0.600. The van der Waals surface area contributed by atoms with Gasteiger partial charge >= 0.3 is 12.2 Å². The molecule has 0 heterocycles. The summed E-state index contributed by atoms with van der Waals surface area (Å²) in [4.78, 5) is 28.3. The van der Waals surface area contributed by atoms with Crippen LogP contribution in [0.3, 0.4) is 0 Å². The number of ether oxygens (including phenoxy) is 2. The van der Waals surface area contributed by atoms with Gasteiger partial charge in [-0.2, -0.15) is 0 Å². The summed E-state index contributed by atoms with van der Waals surface area (Å²) >= 11 is 0. The van der Waals surface area contributed by atoms with Crippen LogP contribution in [0.4, 0.5) is 9.59 Å². The fourth-order valence-electron chi connectivity index (χ4n) is 2.95. The first-order valence-corrected chi connectivity index (χ1v) is 9.15. The maximum absolute atomic E-state index is 12.5. The first-order valence-electron chi connectivity index (χ1n) is 9.15. The van der Waals surface area contributed by atoms with E-state index in [1.807, 2.05) is 55.4 Å². The topological polar surface area (TPSA) is 59.1 Å². The molecule has 0 aliphatic rings. The lowest BCUT2D eigenvalue weighted by molar-refractivity contribution is 0.113. The second kappa shape index (κ2) is 9.46. The van der Waals surface area contributed by atoms with Crippen molar-refractivity contribution in [2.75, 3.05) is 0 Å². The Labute approximate surface area is 157 Å². The summed E-state index contributed by atoms with van der Waals surface area (Å²) in [5.74, 6) is 0.453. The molecule has 0 aromatic heterocycles. The smallest absolute Gasteiger partial charge is 0.406 e. The van der Waals surface area contributed by atoms with Crippen molar-refractivity contribution in [3.05, 3.63) is 24.3 Å². The maximum Gasteiger partial charge on any atom is 0.415 e. The molecule has 1 aromatic rings.